The van der Waals surface area contributed by atoms with E-state index in [1.807, 2.05) is 6.92 Å². The highest BCUT2D eigenvalue weighted by Gasteiger charge is 2.29. The van der Waals surface area contributed by atoms with E-state index >= 15 is 0 Å². The molecule has 3 rings (SSSR count). The second-order valence-corrected chi connectivity index (χ2v) is 9.40. The van der Waals surface area contributed by atoms with Gasteiger partial charge in [-0.1, -0.05) is 31.4 Å². The molecule has 0 radical (unpaired) electrons. The molecule has 35 heavy (non-hydrogen) atoms. The van der Waals surface area contributed by atoms with Crippen LogP contribution in [0, 0.1) is 17.6 Å². The third-order valence-corrected chi connectivity index (χ3v) is 6.87. The molecule has 6 heteroatoms. The number of halogens is 3. The van der Waals surface area contributed by atoms with Crippen molar-refractivity contribution in [2.45, 2.75) is 76.2 Å². The summed E-state index contributed by atoms with van der Waals surface area (Å²) < 4.78 is 54.0. The van der Waals surface area contributed by atoms with Gasteiger partial charge < -0.3 is 14.6 Å². The average Bonchev–Trinajstić information content (AvgIpc) is 2.85. The van der Waals surface area contributed by atoms with Gasteiger partial charge in [-0.15, -0.1) is 6.58 Å². The lowest BCUT2D eigenvalue weighted by molar-refractivity contribution is 0.122. The lowest BCUT2D eigenvalue weighted by Gasteiger charge is -2.30. The molecule has 0 atom stereocenters. The highest BCUT2D eigenvalue weighted by Crippen LogP contribution is 2.40. The van der Waals surface area contributed by atoms with Crippen LogP contribution in [-0.2, 0) is 9.47 Å². The van der Waals surface area contributed by atoms with Crippen LogP contribution in [0.2, 0.25) is 0 Å². The monoisotopic (exact) mass is 492 g/mol. The Labute approximate surface area is 208 Å². The normalized spacial score (nSPS) is 24.6. The fourth-order valence-electron chi connectivity index (χ4n) is 4.81. The summed E-state index contributed by atoms with van der Waals surface area (Å²) in [5.74, 6) is -1.83. The van der Waals surface area contributed by atoms with Crippen molar-refractivity contribution in [3.63, 3.8) is 0 Å². The predicted molar refractivity (Wildman–Crippen MR) is 135 cm³/mol. The Morgan fingerprint density at radius 1 is 0.971 bits per heavy atom. The van der Waals surface area contributed by atoms with Gasteiger partial charge in [-0.25, -0.2) is 13.2 Å². The molecule has 0 bridgehead atoms. The molecular formula is C29H39F3O3. The van der Waals surface area contributed by atoms with Crippen LogP contribution in [0.25, 0.3) is 0 Å². The maximum Gasteiger partial charge on any atom is 0.168 e. The van der Waals surface area contributed by atoms with Crippen LogP contribution < -0.4 is 0 Å². The zero-order valence-corrected chi connectivity index (χ0v) is 21.0. The van der Waals surface area contributed by atoms with Gasteiger partial charge in [0.25, 0.3) is 0 Å². The van der Waals surface area contributed by atoms with Crippen LogP contribution in [0.15, 0.2) is 61.4 Å². The number of aliphatic hydroxyl groups is 1. The first kappa shape index (κ1) is 28.8. The molecule has 0 spiro atoms. The van der Waals surface area contributed by atoms with Crippen molar-refractivity contribution in [2.24, 2.45) is 5.92 Å². The lowest BCUT2D eigenvalue weighted by Crippen LogP contribution is -2.20. The largest absolute Gasteiger partial charge is 0.497 e. The minimum absolute atomic E-state index is 0.0292. The Kier molecular flexibility index (Phi) is 11.7. The van der Waals surface area contributed by atoms with Crippen molar-refractivity contribution in [3.05, 3.63) is 84.1 Å². The molecule has 2 aliphatic rings. The van der Waals surface area contributed by atoms with E-state index in [9.17, 15) is 18.3 Å². The van der Waals surface area contributed by atoms with Crippen molar-refractivity contribution in [1.29, 1.82) is 0 Å². The van der Waals surface area contributed by atoms with Crippen molar-refractivity contribution in [1.82, 2.24) is 0 Å². The highest BCUT2D eigenvalue weighted by atomic mass is 19.2. The molecule has 194 valence electrons. The van der Waals surface area contributed by atoms with Crippen molar-refractivity contribution >= 4 is 0 Å². The summed E-state index contributed by atoms with van der Waals surface area (Å²) >= 11 is 0. The topological polar surface area (TPSA) is 38.7 Å². The van der Waals surface area contributed by atoms with Crippen LogP contribution >= 0.6 is 0 Å². The van der Waals surface area contributed by atoms with Gasteiger partial charge in [0, 0.05) is 6.08 Å². The number of hydrogen-bond donors (Lipinski definition) is 1. The van der Waals surface area contributed by atoms with Crippen LogP contribution in [-0.4, -0.2) is 24.9 Å². The maximum absolute atomic E-state index is 14.9. The molecule has 1 aromatic rings. The minimum atomic E-state index is -0.731. The molecule has 0 unspecified atom stereocenters. The first-order valence-electron chi connectivity index (χ1n) is 12.4. The van der Waals surface area contributed by atoms with Gasteiger partial charge >= 0.3 is 0 Å². The zero-order chi connectivity index (χ0) is 26.0. The molecule has 0 heterocycles. The number of methoxy groups -OCH3 is 1. The summed E-state index contributed by atoms with van der Waals surface area (Å²) in [6, 6.07) is 3.48. The fourth-order valence-corrected chi connectivity index (χ4v) is 4.81. The Bertz CT molecular complexity index is 893. The van der Waals surface area contributed by atoms with Gasteiger partial charge in [-0.2, -0.15) is 0 Å². The van der Waals surface area contributed by atoms with E-state index in [1.165, 1.54) is 7.11 Å². The summed E-state index contributed by atoms with van der Waals surface area (Å²) in [6.45, 7) is 12.7. The number of rotatable bonds is 8. The summed E-state index contributed by atoms with van der Waals surface area (Å²) in [5.41, 5.74) is 0.878. The van der Waals surface area contributed by atoms with Crippen LogP contribution in [0.3, 0.4) is 0 Å². The highest BCUT2D eigenvalue weighted by molar-refractivity contribution is 5.32. The molecular weight excluding hydrogens is 453 g/mol. The molecule has 0 aliphatic heterocycles. The van der Waals surface area contributed by atoms with E-state index in [4.69, 9.17) is 9.47 Å². The number of allylic oxidation sites excluding steroid dienone is 3. The van der Waals surface area contributed by atoms with E-state index in [0.717, 1.165) is 31.8 Å². The van der Waals surface area contributed by atoms with Crippen LogP contribution in [0.4, 0.5) is 13.2 Å². The van der Waals surface area contributed by atoms with Crippen molar-refractivity contribution in [3.8, 4) is 0 Å². The number of aliphatic hydroxyl groups excluding tert-OH is 1. The van der Waals surface area contributed by atoms with Gasteiger partial charge in [0.05, 0.1) is 19.8 Å². The molecule has 1 N–H and O–H groups in total. The Morgan fingerprint density at radius 3 is 1.89 bits per heavy atom. The minimum Gasteiger partial charge on any atom is -0.497 e. The second kappa shape index (κ2) is 14.2. The van der Waals surface area contributed by atoms with Crippen LogP contribution in [0.5, 0.6) is 0 Å². The second-order valence-electron chi connectivity index (χ2n) is 9.40. The summed E-state index contributed by atoms with van der Waals surface area (Å²) in [4.78, 5) is 0. The SMILES string of the molecule is C=C(/C=C(/F)C(=C)OCC1CCC(c2ccc(C3CCC(O)CC3)c(F)c2F)CC1)OC.C=CC. The summed E-state index contributed by atoms with van der Waals surface area (Å²) in [6.07, 6.45) is 8.21. The Morgan fingerprint density at radius 2 is 1.43 bits per heavy atom. The Hall–Kier alpha value is -2.47. The fraction of sp³-hybridized carbons (Fsp3) is 0.517. The predicted octanol–water partition coefficient (Wildman–Crippen LogP) is 7.99. The number of hydrogen-bond acceptors (Lipinski definition) is 3. The lowest BCUT2D eigenvalue weighted by atomic mass is 9.77. The quantitative estimate of drug-likeness (QED) is 0.227. The average molecular weight is 493 g/mol. The van der Waals surface area contributed by atoms with E-state index < -0.39 is 17.5 Å². The molecule has 2 aliphatic carbocycles. The van der Waals surface area contributed by atoms with Gasteiger partial charge in [0.2, 0.25) is 0 Å². The maximum atomic E-state index is 14.9. The third kappa shape index (κ3) is 8.31. The summed E-state index contributed by atoms with van der Waals surface area (Å²) in [7, 11) is 1.40. The first-order valence-corrected chi connectivity index (χ1v) is 12.4. The molecule has 3 nitrogen and oxygen atoms in total. The van der Waals surface area contributed by atoms with Crippen LogP contribution in [0.1, 0.15) is 81.3 Å². The number of ether oxygens (including phenoxy) is 2. The smallest absolute Gasteiger partial charge is 0.168 e. The standard InChI is InChI=1S/C26H33F3O3.C3H6/c1-16(31-3)14-24(27)17(2)32-15-18-4-6-19(7-5-18)22-12-13-23(26(29)25(22)28)20-8-10-21(30)11-9-20;1-3-2/h12-14,18-21,30H,1-2,4-11,15H2,3H3;3H,1H2,2H3/b24-14+;. The molecule has 0 saturated heterocycles. The van der Waals surface area contributed by atoms with E-state index in [0.29, 0.717) is 43.4 Å². The molecule has 0 aromatic heterocycles. The number of benzene rings is 1. The van der Waals surface area contributed by atoms with Gasteiger partial charge in [0.15, 0.2) is 17.5 Å². The molecule has 2 saturated carbocycles. The molecule has 1 aromatic carbocycles. The zero-order valence-electron chi connectivity index (χ0n) is 21.0. The van der Waals surface area contributed by atoms with Gasteiger partial charge in [-0.3, -0.25) is 0 Å². The first-order chi connectivity index (χ1) is 16.7. The van der Waals surface area contributed by atoms with E-state index in [2.05, 4.69) is 19.7 Å². The van der Waals surface area contributed by atoms with E-state index in [-0.39, 0.29) is 35.4 Å². The molecule has 2 fully saturated rings. The third-order valence-electron chi connectivity index (χ3n) is 6.87. The van der Waals surface area contributed by atoms with E-state index in [1.54, 1.807) is 18.2 Å². The van der Waals surface area contributed by atoms with Gasteiger partial charge in [-0.05, 0) is 87.2 Å². The molecule has 0 amide bonds. The van der Waals surface area contributed by atoms with Crippen molar-refractivity contribution in [2.75, 3.05) is 13.7 Å². The van der Waals surface area contributed by atoms with Crippen molar-refractivity contribution < 1.29 is 27.8 Å². The summed E-state index contributed by atoms with van der Waals surface area (Å²) in [5, 5.41) is 9.66. The Balaban J connectivity index is 0.00000137. The van der Waals surface area contributed by atoms with Gasteiger partial charge in [0.1, 0.15) is 11.5 Å².